The highest BCUT2D eigenvalue weighted by Gasteiger charge is 2.17. The van der Waals surface area contributed by atoms with Gasteiger partial charge in [-0.15, -0.1) is 0 Å². The topological polar surface area (TPSA) is 30.9 Å². The summed E-state index contributed by atoms with van der Waals surface area (Å²) >= 11 is 0. The second kappa shape index (κ2) is 4.14. The van der Waals surface area contributed by atoms with E-state index >= 15 is 0 Å². The van der Waals surface area contributed by atoms with Gasteiger partial charge in [0.1, 0.15) is 5.84 Å². The van der Waals surface area contributed by atoms with E-state index < -0.39 is 0 Å². The van der Waals surface area contributed by atoms with Crippen molar-refractivity contribution in [1.29, 1.82) is 0 Å². The third-order valence-electron chi connectivity index (χ3n) is 3.08. The molecule has 0 amide bonds. The van der Waals surface area contributed by atoms with Crippen LogP contribution >= 0.6 is 0 Å². The first kappa shape index (κ1) is 9.66. The third-order valence-corrected chi connectivity index (χ3v) is 3.08. The summed E-state index contributed by atoms with van der Waals surface area (Å²) in [5.41, 5.74) is 1.30. The van der Waals surface area contributed by atoms with Gasteiger partial charge in [-0.1, -0.05) is 0 Å². The molecule has 0 aromatic rings. The SMILES string of the molecule is C1=CN=C2C=CC(N3CCNCC3)=CN2C1. The molecule has 0 saturated carbocycles. The van der Waals surface area contributed by atoms with Gasteiger partial charge in [-0.3, -0.25) is 0 Å². The van der Waals surface area contributed by atoms with Crippen LogP contribution in [0.4, 0.5) is 0 Å². The Morgan fingerprint density at radius 3 is 2.94 bits per heavy atom. The van der Waals surface area contributed by atoms with E-state index in [-0.39, 0.29) is 0 Å². The molecule has 3 rings (SSSR count). The Morgan fingerprint density at radius 2 is 2.06 bits per heavy atom. The minimum atomic E-state index is 0.929. The van der Waals surface area contributed by atoms with Gasteiger partial charge in [-0.05, 0) is 18.2 Å². The molecule has 4 nitrogen and oxygen atoms in total. The summed E-state index contributed by atoms with van der Waals surface area (Å²) in [6.45, 7) is 5.26. The maximum atomic E-state index is 4.33. The lowest BCUT2D eigenvalue weighted by Crippen LogP contribution is -2.43. The molecule has 0 radical (unpaired) electrons. The monoisotopic (exact) mass is 216 g/mol. The van der Waals surface area contributed by atoms with Crippen molar-refractivity contribution in [3.8, 4) is 0 Å². The molecule has 0 bridgehead atoms. The minimum absolute atomic E-state index is 0.929. The fourth-order valence-corrected chi connectivity index (χ4v) is 2.19. The zero-order valence-corrected chi connectivity index (χ0v) is 9.26. The molecule has 84 valence electrons. The van der Waals surface area contributed by atoms with Crippen LogP contribution < -0.4 is 5.32 Å². The molecule has 0 atom stereocenters. The first-order chi connectivity index (χ1) is 7.93. The zero-order valence-electron chi connectivity index (χ0n) is 9.26. The number of hydrogen-bond acceptors (Lipinski definition) is 4. The summed E-state index contributed by atoms with van der Waals surface area (Å²) in [7, 11) is 0. The van der Waals surface area contributed by atoms with Crippen molar-refractivity contribution < 1.29 is 0 Å². The largest absolute Gasteiger partial charge is 0.368 e. The Bertz CT molecular complexity index is 386. The van der Waals surface area contributed by atoms with Gasteiger partial charge >= 0.3 is 0 Å². The van der Waals surface area contributed by atoms with Crippen LogP contribution in [0, 0.1) is 0 Å². The van der Waals surface area contributed by atoms with Crippen molar-refractivity contribution in [3.63, 3.8) is 0 Å². The molecule has 3 aliphatic rings. The highest BCUT2D eigenvalue weighted by Crippen LogP contribution is 2.16. The van der Waals surface area contributed by atoms with Crippen LogP contribution in [0.5, 0.6) is 0 Å². The van der Waals surface area contributed by atoms with E-state index in [0.29, 0.717) is 0 Å². The normalized spacial score (nSPS) is 24.0. The highest BCUT2D eigenvalue weighted by atomic mass is 15.2. The van der Waals surface area contributed by atoms with Crippen LogP contribution in [-0.2, 0) is 0 Å². The van der Waals surface area contributed by atoms with E-state index in [0.717, 1.165) is 38.6 Å². The molecule has 1 fully saturated rings. The predicted octanol–water partition coefficient (Wildman–Crippen LogP) is 0.531. The maximum Gasteiger partial charge on any atom is 0.132 e. The molecule has 3 aliphatic heterocycles. The second-order valence-electron chi connectivity index (χ2n) is 4.15. The summed E-state index contributed by atoms with van der Waals surface area (Å²) in [5.74, 6) is 1.04. The summed E-state index contributed by atoms with van der Waals surface area (Å²) in [6.07, 6.45) is 10.4. The van der Waals surface area contributed by atoms with Crippen molar-refractivity contribution in [2.45, 2.75) is 0 Å². The molecular formula is C12H16N4. The fourth-order valence-electron chi connectivity index (χ4n) is 2.19. The van der Waals surface area contributed by atoms with Crippen LogP contribution in [0.25, 0.3) is 0 Å². The minimum Gasteiger partial charge on any atom is -0.368 e. The first-order valence-electron chi connectivity index (χ1n) is 5.78. The van der Waals surface area contributed by atoms with Gasteiger partial charge in [0.05, 0.1) is 5.70 Å². The van der Waals surface area contributed by atoms with Crippen LogP contribution in [0.3, 0.4) is 0 Å². The Kier molecular flexibility index (Phi) is 2.50. The summed E-state index contributed by atoms with van der Waals surface area (Å²) in [5, 5.41) is 3.37. The molecule has 4 heteroatoms. The molecule has 16 heavy (non-hydrogen) atoms. The van der Waals surface area contributed by atoms with Gasteiger partial charge in [0.25, 0.3) is 0 Å². The van der Waals surface area contributed by atoms with Gasteiger partial charge < -0.3 is 15.1 Å². The van der Waals surface area contributed by atoms with Crippen molar-refractivity contribution in [2.24, 2.45) is 4.99 Å². The Balaban J connectivity index is 1.78. The summed E-state index contributed by atoms with van der Waals surface area (Å²) < 4.78 is 0. The maximum absolute atomic E-state index is 4.33. The lowest BCUT2D eigenvalue weighted by Gasteiger charge is -2.34. The summed E-state index contributed by atoms with van der Waals surface area (Å²) in [6, 6.07) is 0. The van der Waals surface area contributed by atoms with Crippen LogP contribution in [-0.4, -0.2) is 48.4 Å². The lowest BCUT2D eigenvalue weighted by atomic mass is 10.2. The van der Waals surface area contributed by atoms with Crippen LogP contribution in [0.2, 0.25) is 0 Å². The van der Waals surface area contributed by atoms with Gasteiger partial charge in [-0.25, -0.2) is 4.99 Å². The van der Waals surface area contributed by atoms with Gasteiger partial charge in [0.2, 0.25) is 0 Å². The molecule has 1 saturated heterocycles. The molecule has 0 spiro atoms. The Hall–Kier alpha value is -1.55. The smallest absolute Gasteiger partial charge is 0.132 e. The number of nitrogens with zero attached hydrogens (tertiary/aromatic N) is 3. The quantitative estimate of drug-likeness (QED) is 0.693. The number of allylic oxidation sites excluding steroid dienone is 1. The molecular weight excluding hydrogens is 200 g/mol. The zero-order chi connectivity index (χ0) is 10.8. The van der Waals surface area contributed by atoms with Crippen molar-refractivity contribution in [3.05, 3.63) is 36.3 Å². The number of nitrogens with one attached hydrogen (secondary N) is 1. The van der Waals surface area contributed by atoms with E-state index in [4.69, 9.17) is 0 Å². The van der Waals surface area contributed by atoms with Crippen LogP contribution in [0.15, 0.2) is 41.3 Å². The van der Waals surface area contributed by atoms with Gasteiger partial charge in [0.15, 0.2) is 0 Å². The number of fused-ring (bicyclic) bond motifs is 1. The predicted molar refractivity (Wildman–Crippen MR) is 64.9 cm³/mol. The first-order valence-corrected chi connectivity index (χ1v) is 5.78. The Labute approximate surface area is 95.6 Å². The number of amidine groups is 1. The lowest BCUT2D eigenvalue weighted by molar-refractivity contribution is 0.302. The van der Waals surface area contributed by atoms with E-state index in [1.54, 1.807) is 0 Å². The molecule has 3 heterocycles. The molecule has 0 aromatic carbocycles. The van der Waals surface area contributed by atoms with E-state index in [2.05, 4.69) is 44.5 Å². The number of rotatable bonds is 1. The van der Waals surface area contributed by atoms with Gasteiger partial charge in [-0.2, -0.15) is 0 Å². The van der Waals surface area contributed by atoms with Crippen LogP contribution in [0.1, 0.15) is 0 Å². The number of hydrogen-bond donors (Lipinski definition) is 1. The van der Waals surface area contributed by atoms with E-state index in [1.807, 2.05) is 6.20 Å². The average molecular weight is 216 g/mol. The third kappa shape index (κ3) is 1.76. The number of aliphatic imine (C=N–C) groups is 1. The van der Waals surface area contributed by atoms with Crippen molar-refractivity contribution in [2.75, 3.05) is 32.7 Å². The second-order valence-corrected chi connectivity index (χ2v) is 4.15. The fraction of sp³-hybridized carbons (Fsp3) is 0.417. The molecule has 0 aliphatic carbocycles. The average Bonchev–Trinajstić information content (AvgIpc) is 2.39. The molecule has 1 N–H and O–H groups in total. The standard InChI is InChI=1S/C12H16N4/c1-4-14-12-3-2-11(10-16(12)7-1)15-8-5-13-6-9-15/h1-4,10,13H,5-9H2. The van der Waals surface area contributed by atoms with Crippen molar-refractivity contribution >= 4 is 5.84 Å². The van der Waals surface area contributed by atoms with Crippen molar-refractivity contribution in [1.82, 2.24) is 15.1 Å². The molecule has 0 unspecified atom stereocenters. The van der Waals surface area contributed by atoms with E-state index in [1.165, 1.54) is 5.70 Å². The molecule has 0 aromatic heterocycles. The number of piperazine rings is 1. The summed E-state index contributed by atoms with van der Waals surface area (Å²) in [4.78, 5) is 8.94. The van der Waals surface area contributed by atoms with E-state index in [9.17, 15) is 0 Å². The Morgan fingerprint density at radius 1 is 1.19 bits per heavy atom. The highest BCUT2D eigenvalue weighted by molar-refractivity contribution is 5.96. The van der Waals surface area contributed by atoms with Gasteiger partial charge in [0, 0.05) is 45.1 Å².